The number of halogens is 1. The molecule has 0 spiro atoms. The van der Waals surface area contributed by atoms with Gasteiger partial charge in [-0.1, -0.05) is 72.8 Å². The lowest BCUT2D eigenvalue weighted by Gasteiger charge is -2.39. The van der Waals surface area contributed by atoms with Crippen molar-refractivity contribution in [2.45, 2.75) is 57.0 Å². The van der Waals surface area contributed by atoms with Crippen LogP contribution in [0.25, 0.3) is 0 Å². The molecule has 3 unspecified atom stereocenters. The van der Waals surface area contributed by atoms with Crippen molar-refractivity contribution in [1.82, 2.24) is 5.32 Å². The Balaban J connectivity index is 1.42. The fourth-order valence-corrected chi connectivity index (χ4v) is 5.43. The van der Waals surface area contributed by atoms with Gasteiger partial charge < -0.3 is 10.1 Å². The van der Waals surface area contributed by atoms with Crippen LogP contribution in [-0.2, 0) is 9.53 Å². The zero-order valence-electron chi connectivity index (χ0n) is 20.8. The molecular weight excluding hydrogens is 437 g/mol. The van der Waals surface area contributed by atoms with Gasteiger partial charge in [0.2, 0.25) is 5.91 Å². The molecule has 0 bridgehead atoms. The summed E-state index contributed by atoms with van der Waals surface area (Å²) in [6.45, 7) is 5.75. The Hall–Kier alpha value is -2.98. The molecule has 0 saturated carbocycles. The van der Waals surface area contributed by atoms with Crippen LogP contribution >= 0.6 is 0 Å². The SMILES string of the molecule is CC1(C)CC(C(CCNC(=O)CC(c2ccccc2)c2ccc(F)cc2)c2ccccc2)CCO1. The Kier molecular flexibility index (Phi) is 8.35. The van der Waals surface area contributed by atoms with Crippen molar-refractivity contribution in [1.29, 1.82) is 0 Å². The third-order valence-electron chi connectivity index (χ3n) is 7.17. The van der Waals surface area contributed by atoms with E-state index in [9.17, 15) is 9.18 Å². The average Bonchev–Trinajstić information content (AvgIpc) is 2.86. The van der Waals surface area contributed by atoms with Crippen LogP contribution in [0.1, 0.15) is 68.1 Å². The number of carbonyl (C=O) groups excluding carboxylic acids is 1. The van der Waals surface area contributed by atoms with E-state index in [0.29, 0.717) is 24.8 Å². The van der Waals surface area contributed by atoms with E-state index >= 15 is 0 Å². The summed E-state index contributed by atoms with van der Waals surface area (Å²) in [5, 5.41) is 3.18. The molecule has 0 radical (unpaired) electrons. The maximum Gasteiger partial charge on any atom is 0.220 e. The van der Waals surface area contributed by atoms with Crippen LogP contribution in [-0.4, -0.2) is 24.7 Å². The van der Waals surface area contributed by atoms with Crippen molar-refractivity contribution in [3.8, 4) is 0 Å². The van der Waals surface area contributed by atoms with Gasteiger partial charge in [-0.3, -0.25) is 4.79 Å². The third kappa shape index (κ3) is 7.02. The number of rotatable bonds is 9. The predicted molar refractivity (Wildman–Crippen MR) is 139 cm³/mol. The van der Waals surface area contributed by atoms with Gasteiger partial charge in [-0.05, 0) is 73.8 Å². The van der Waals surface area contributed by atoms with Crippen molar-refractivity contribution in [2.24, 2.45) is 5.92 Å². The minimum absolute atomic E-state index is 0.0160. The Labute approximate surface area is 208 Å². The van der Waals surface area contributed by atoms with Crippen LogP contribution in [0.4, 0.5) is 4.39 Å². The molecule has 3 aromatic carbocycles. The molecule has 4 rings (SSSR count). The lowest BCUT2D eigenvalue weighted by molar-refractivity contribution is -0.121. The lowest BCUT2D eigenvalue weighted by Crippen LogP contribution is -2.37. The van der Waals surface area contributed by atoms with E-state index in [1.807, 2.05) is 30.3 Å². The first-order chi connectivity index (χ1) is 16.9. The molecule has 1 amide bonds. The average molecular weight is 474 g/mol. The summed E-state index contributed by atoms with van der Waals surface area (Å²) in [5.41, 5.74) is 3.22. The maximum atomic E-state index is 13.5. The zero-order valence-corrected chi connectivity index (χ0v) is 20.8. The summed E-state index contributed by atoms with van der Waals surface area (Å²) in [4.78, 5) is 13.1. The summed E-state index contributed by atoms with van der Waals surface area (Å²) in [5.74, 6) is 0.532. The molecule has 1 aliphatic rings. The molecule has 184 valence electrons. The normalized spacial score (nSPS) is 19.0. The number of hydrogen-bond donors (Lipinski definition) is 1. The first-order valence-corrected chi connectivity index (χ1v) is 12.7. The molecule has 3 aromatic rings. The first-order valence-electron chi connectivity index (χ1n) is 12.7. The Morgan fingerprint density at radius 2 is 1.54 bits per heavy atom. The maximum absolute atomic E-state index is 13.5. The zero-order chi connectivity index (χ0) is 24.7. The van der Waals surface area contributed by atoms with E-state index in [2.05, 4.69) is 49.5 Å². The fourth-order valence-electron chi connectivity index (χ4n) is 5.43. The predicted octanol–water partition coefficient (Wildman–Crippen LogP) is 6.84. The molecule has 3 nitrogen and oxygen atoms in total. The van der Waals surface area contributed by atoms with Crippen molar-refractivity contribution in [3.05, 3.63) is 107 Å². The van der Waals surface area contributed by atoms with E-state index in [0.717, 1.165) is 37.0 Å². The van der Waals surface area contributed by atoms with E-state index in [1.165, 1.54) is 17.7 Å². The van der Waals surface area contributed by atoms with Gasteiger partial charge in [0.1, 0.15) is 5.82 Å². The summed E-state index contributed by atoms with van der Waals surface area (Å²) in [6.07, 6.45) is 3.28. The number of benzene rings is 3. The smallest absolute Gasteiger partial charge is 0.220 e. The highest BCUT2D eigenvalue weighted by Gasteiger charge is 2.34. The second-order valence-electron chi connectivity index (χ2n) is 10.2. The summed E-state index contributed by atoms with van der Waals surface area (Å²) in [6, 6.07) is 27.1. The molecule has 1 N–H and O–H groups in total. The summed E-state index contributed by atoms with van der Waals surface area (Å²) < 4.78 is 19.5. The van der Waals surface area contributed by atoms with Crippen LogP contribution in [0.5, 0.6) is 0 Å². The number of carbonyl (C=O) groups is 1. The lowest BCUT2D eigenvalue weighted by atomic mass is 9.75. The molecule has 1 aliphatic heterocycles. The Bertz CT molecular complexity index is 1070. The van der Waals surface area contributed by atoms with E-state index in [-0.39, 0.29) is 23.2 Å². The summed E-state index contributed by atoms with van der Waals surface area (Å²) >= 11 is 0. The highest BCUT2D eigenvalue weighted by molar-refractivity contribution is 5.77. The van der Waals surface area contributed by atoms with Gasteiger partial charge in [0.05, 0.1) is 5.60 Å². The fraction of sp³-hybridized carbons (Fsp3) is 0.387. The van der Waals surface area contributed by atoms with E-state index in [4.69, 9.17) is 4.74 Å². The van der Waals surface area contributed by atoms with Gasteiger partial charge in [-0.2, -0.15) is 0 Å². The van der Waals surface area contributed by atoms with Crippen LogP contribution in [0.3, 0.4) is 0 Å². The molecule has 3 atom stereocenters. The molecule has 0 aromatic heterocycles. The van der Waals surface area contributed by atoms with Gasteiger partial charge >= 0.3 is 0 Å². The van der Waals surface area contributed by atoms with Crippen molar-refractivity contribution in [3.63, 3.8) is 0 Å². The van der Waals surface area contributed by atoms with Crippen molar-refractivity contribution in [2.75, 3.05) is 13.2 Å². The standard InChI is InChI=1S/C31H36FNO2/c1-31(2)22-26(18-20-35-31)28(23-9-5-3-6-10-23)17-19-33-30(34)21-29(24-11-7-4-8-12-24)25-13-15-27(32)16-14-25/h3-16,26,28-29H,17-22H2,1-2H3,(H,33,34). The topological polar surface area (TPSA) is 38.3 Å². The molecule has 1 heterocycles. The monoisotopic (exact) mass is 473 g/mol. The van der Waals surface area contributed by atoms with E-state index in [1.54, 1.807) is 12.1 Å². The van der Waals surface area contributed by atoms with Crippen molar-refractivity contribution >= 4 is 5.91 Å². The highest BCUT2D eigenvalue weighted by atomic mass is 19.1. The first kappa shape index (κ1) is 25.1. The Morgan fingerprint density at radius 3 is 2.17 bits per heavy atom. The van der Waals surface area contributed by atoms with Crippen LogP contribution < -0.4 is 5.32 Å². The van der Waals surface area contributed by atoms with E-state index < -0.39 is 0 Å². The molecule has 1 fully saturated rings. The van der Waals surface area contributed by atoms with Crippen LogP contribution in [0, 0.1) is 11.7 Å². The second kappa shape index (κ2) is 11.6. The number of amides is 1. The minimum Gasteiger partial charge on any atom is -0.376 e. The van der Waals surface area contributed by atoms with Gasteiger partial charge in [0.25, 0.3) is 0 Å². The summed E-state index contributed by atoms with van der Waals surface area (Å²) in [7, 11) is 0. The molecule has 4 heteroatoms. The number of ether oxygens (including phenoxy) is 1. The van der Waals surface area contributed by atoms with Gasteiger partial charge in [-0.25, -0.2) is 4.39 Å². The van der Waals surface area contributed by atoms with Gasteiger partial charge in [-0.15, -0.1) is 0 Å². The van der Waals surface area contributed by atoms with Crippen molar-refractivity contribution < 1.29 is 13.9 Å². The minimum atomic E-state index is -0.270. The van der Waals surface area contributed by atoms with Gasteiger partial charge in [0.15, 0.2) is 0 Å². The largest absolute Gasteiger partial charge is 0.376 e. The quantitative estimate of drug-likeness (QED) is 0.369. The Morgan fingerprint density at radius 1 is 0.943 bits per heavy atom. The van der Waals surface area contributed by atoms with Gasteiger partial charge in [0, 0.05) is 25.5 Å². The molecule has 1 saturated heterocycles. The molecule has 0 aliphatic carbocycles. The molecular formula is C31H36FNO2. The highest BCUT2D eigenvalue weighted by Crippen LogP contribution is 2.39. The third-order valence-corrected chi connectivity index (χ3v) is 7.17. The van der Waals surface area contributed by atoms with Crippen LogP contribution in [0.2, 0.25) is 0 Å². The van der Waals surface area contributed by atoms with Crippen LogP contribution in [0.15, 0.2) is 84.9 Å². The second-order valence-corrected chi connectivity index (χ2v) is 10.2. The molecule has 35 heavy (non-hydrogen) atoms. The number of nitrogens with one attached hydrogen (secondary N) is 1. The number of hydrogen-bond acceptors (Lipinski definition) is 2.